The standard InChI is InChI=1S/C18H10BrCl2N3O/c19-9-4-5-14-11(8-9)15-10(6-7-22-18(15)25)17(23-14)24-16-12(20)2-1-3-13(16)21/h1-8H,(H,22,25)(H,23,24). The molecule has 4 aromatic rings. The molecule has 0 radical (unpaired) electrons. The van der Waals surface area contributed by atoms with E-state index in [1.165, 1.54) is 0 Å². The van der Waals surface area contributed by atoms with Gasteiger partial charge >= 0.3 is 0 Å². The van der Waals surface area contributed by atoms with Gasteiger partial charge in [-0.15, -0.1) is 0 Å². The van der Waals surface area contributed by atoms with E-state index in [1.54, 1.807) is 30.5 Å². The SMILES string of the molecule is O=c1[nH]ccc2c(Nc3c(Cl)cccc3Cl)nc3ccc(Br)cc3c12. The van der Waals surface area contributed by atoms with Crippen LogP contribution in [0.4, 0.5) is 11.5 Å². The maximum atomic E-state index is 12.5. The maximum Gasteiger partial charge on any atom is 0.256 e. The summed E-state index contributed by atoms with van der Waals surface area (Å²) in [5.41, 5.74) is 1.06. The highest BCUT2D eigenvalue weighted by molar-refractivity contribution is 9.10. The van der Waals surface area contributed by atoms with E-state index in [0.29, 0.717) is 37.8 Å². The van der Waals surface area contributed by atoms with Gasteiger partial charge in [-0.25, -0.2) is 4.98 Å². The van der Waals surface area contributed by atoms with Gasteiger partial charge in [0.25, 0.3) is 5.56 Å². The second-order valence-corrected chi connectivity index (χ2v) is 7.17. The molecule has 0 atom stereocenters. The largest absolute Gasteiger partial charge is 0.337 e. The van der Waals surface area contributed by atoms with Gasteiger partial charge in [-0.1, -0.05) is 45.2 Å². The van der Waals surface area contributed by atoms with Gasteiger partial charge in [0.2, 0.25) is 0 Å². The van der Waals surface area contributed by atoms with Crippen molar-refractivity contribution in [2.24, 2.45) is 0 Å². The van der Waals surface area contributed by atoms with Crippen molar-refractivity contribution in [3.63, 3.8) is 0 Å². The molecule has 25 heavy (non-hydrogen) atoms. The lowest BCUT2D eigenvalue weighted by Gasteiger charge is -2.13. The molecule has 2 N–H and O–H groups in total. The van der Waals surface area contributed by atoms with Crippen LogP contribution >= 0.6 is 39.1 Å². The maximum absolute atomic E-state index is 12.5. The number of aromatic amines is 1. The number of halogens is 3. The summed E-state index contributed by atoms with van der Waals surface area (Å²) in [6, 6.07) is 12.7. The minimum absolute atomic E-state index is 0.184. The van der Waals surface area contributed by atoms with E-state index in [-0.39, 0.29) is 5.56 Å². The molecule has 0 saturated heterocycles. The van der Waals surface area contributed by atoms with Crippen LogP contribution in [0.15, 0.2) is 57.9 Å². The molecular weight excluding hydrogens is 425 g/mol. The molecule has 0 aliphatic rings. The van der Waals surface area contributed by atoms with Crippen LogP contribution in [0.2, 0.25) is 10.0 Å². The third-order valence-electron chi connectivity index (χ3n) is 3.88. The first kappa shape index (κ1) is 16.4. The molecule has 0 fully saturated rings. The summed E-state index contributed by atoms with van der Waals surface area (Å²) >= 11 is 15.9. The van der Waals surface area contributed by atoms with Crippen LogP contribution in [0.5, 0.6) is 0 Å². The van der Waals surface area contributed by atoms with Gasteiger partial charge < -0.3 is 10.3 Å². The highest BCUT2D eigenvalue weighted by Gasteiger charge is 2.14. The Morgan fingerprint density at radius 1 is 1.04 bits per heavy atom. The molecule has 0 spiro atoms. The quantitative estimate of drug-likeness (QED) is 0.386. The van der Waals surface area contributed by atoms with Gasteiger partial charge in [0.1, 0.15) is 5.82 Å². The number of hydrogen-bond donors (Lipinski definition) is 2. The number of nitrogens with one attached hydrogen (secondary N) is 2. The number of aromatic nitrogens is 2. The number of rotatable bonds is 2. The van der Waals surface area contributed by atoms with E-state index in [0.717, 1.165) is 9.86 Å². The number of H-pyrrole nitrogens is 1. The van der Waals surface area contributed by atoms with Gasteiger partial charge in [0, 0.05) is 21.4 Å². The molecule has 2 aromatic heterocycles. The first-order chi connectivity index (χ1) is 12.0. The van der Waals surface area contributed by atoms with Gasteiger partial charge in [-0.05, 0) is 36.4 Å². The molecular formula is C18H10BrCl2N3O. The molecule has 2 heterocycles. The molecule has 0 aliphatic heterocycles. The number of nitrogens with zero attached hydrogens (tertiary/aromatic N) is 1. The van der Waals surface area contributed by atoms with Gasteiger partial charge in [-0.3, -0.25) is 4.79 Å². The van der Waals surface area contributed by atoms with Crippen molar-refractivity contribution < 1.29 is 0 Å². The Kier molecular flexibility index (Phi) is 4.15. The van der Waals surface area contributed by atoms with Crippen molar-refractivity contribution >= 4 is 72.3 Å². The lowest BCUT2D eigenvalue weighted by Crippen LogP contribution is -2.08. The van der Waals surface area contributed by atoms with Crippen molar-refractivity contribution in [1.82, 2.24) is 9.97 Å². The highest BCUT2D eigenvalue weighted by atomic mass is 79.9. The van der Waals surface area contributed by atoms with Crippen molar-refractivity contribution in [2.75, 3.05) is 5.32 Å². The summed E-state index contributed by atoms with van der Waals surface area (Å²) in [5, 5.41) is 6.13. The van der Waals surface area contributed by atoms with Crippen molar-refractivity contribution in [3.05, 3.63) is 73.5 Å². The second-order valence-electron chi connectivity index (χ2n) is 5.44. The fraction of sp³-hybridized carbons (Fsp3) is 0. The van der Waals surface area contributed by atoms with Crippen molar-refractivity contribution in [2.45, 2.75) is 0 Å². The molecule has 0 bridgehead atoms. The summed E-state index contributed by atoms with van der Waals surface area (Å²) in [5.74, 6) is 0.519. The second kappa shape index (κ2) is 6.33. The number of fused-ring (bicyclic) bond motifs is 3. The Bertz CT molecular complexity index is 1170. The fourth-order valence-electron chi connectivity index (χ4n) is 2.76. The molecule has 4 rings (SSSR count). The zero-order chi connectivity index (χ0) is 17.6. The van der Waals surface area contributed by atoms with Crippen LogP contribution in [-0.2, 0) is 0 Å². The average molecular weight is 435 g/mol. The van der Waals surface area contributed by atoms with E-state index in [4.69, 9.17) is 23.2 Å². The van der Waals surface area contributed by atoms with E-state index < -0.39 is 0 Å². The summed E-state index contributed by atoms with van der Waals surface area (Å²) in [7, 11) is 0. The fourth-order valence-corrected chi connectivity index (χ4v) is 3.61. The Balaban J connectivity index is 2.05. The summed E-state index contributed by atoms with van der Waals surface area (Å²) in [6.45, 7) is 0. The Morgan fingerprint density at radius 2 is 1.80 bits per heavy atom. The number of hydrogen-bond acceptors (Lipinski definition) is 3. The van der Waals surface area contributed by atoms with Gasteiger partial charge in [-0.2, -0.15) is 0 Å². The first-order valence-electron chi connectivity index (χ1n) is 7.36. The molecule has 7 heteroatoms. The lowest BCUT2D eigenvalue weighted by molar-refractivity contribution is 1.27. The number of benzene rings is 2. The molecule has 0 amide bonds. The molecule has 0 saturated carbocycles. The number of anilines is 2. The smallest absolute Gasteiger partial charge is 0.256 e. The zero-order valence-corrected chi connectivity index (χ0v) is 15.7. The topological polar surface area (TPSA) is 57.8 Å². The molecule has 124 valence electrons. The minimum Gasteiger partial charge on any atom is -0.337 e. The van der Waals surface area contributed by atoms with E-state index in [2.05, 4.69) is 31.2 Å². The van der Waals surface area contributed by atoms with E-state index in [9.17, 15) is 4.79 Å². The summed E-state index contributed by atoms with van der Waals surface area (Å²) in [6.07, 6.45) is 1.59. The third-order valence-corrected chi connectivity index (χ3v) is 5.01. The Labute approximate surface area is 160 Å². The van der Waals surface area contributed by atoms with Crippen LogP contribution in [0.3, 0.4) is 0 Å². The lowest BCUT2D eigenvalue weighted by atomic mass is 10.1. The minimum atomic E-state index is -0.184. The number of para-hydroxylation sites is 1. The number of pyridine rings is 2. The van der Waals surface area contributed by atoms with Crippen molar-refractivity contribution in [1.29, 1.82) is 0 Å². The average Bonchev–Trinajstić information content (AvgIpc) is 2.58. The molecule has 0 unspecified atom stereocenters. The molecule has 0 aliphatic carbocycles. The zero-order valence-electron chi connectivity index (χ0n) is 12.6. The van der Waals surface area contributed by atoms with E-state index >= 15 is 0 Å². The van der Waals surface area contributed by atoms with Gasteiger partial charge in [0.05, 0.1) is 26.6 Å². The Morgan fingerprint density at radius 3 is 2.56 bits per heavy atom. The summed E-state index contributed by atoms with van der Waals surface area (Å²) in [4.78, 5) is 19.8. The van der Waals surface area contributed by atoms with Crippen LogP contribution in [0.25, 0.3) is 21.7 Å². The first-order valence-corrected chi connectivity index (χ1v) is 8.91. The van der Waals surface area contributed by atoms with Crippen molar-refractivity contribution in [3.8, 4) is 0 Å². The van der Waals surface area contributed by atoms with Crippen LogP contribution in [0, 0.1) is 0 Å². The van der Waals surface area contributed by atoms with Crippen LogP contribution < -0.4 is 10.9 Å². The third kappa shape index (κ3) is 2.88. The highest BCUT2D eigenvalue weighted by Crippen LogP contribution is 2.35. The monoisotopic (exact) mass is 433 g/mol. The predicted octanol–water partition coefficient (Wildman–Crippen LogP) is 5.89. The molecule has 4 nitrogen and oxygen atoms in total. The molecule has 2 aromatic carbocycles. The van der Waals surface area contributed by atoms with E-state index in [1.807, 2.05) is 18.2 Å². The van der Waals surface area contributed by atoms with Gasteiger partial charge in [0.15, 0.2) is 0 Å². The van der Waals surface area contributed by atoms with Crippen LogP contribution in [0.1, 0.15) is 0 Å². The summed E-state index contributed by atoms with van der Waals surface area (Å²) < 4.78 is 0.876. The van der Waals surface area contributed by atoms with Crippen LogP contribution in [-0.4, -0.2) is 9.97 Å². The normalized spacial score (nSPS) is 11.2. The predicted molar refractivity (Wildman–Crippen MR) is 107 cm³/mol. The Hall–Kier alpha value is -2.08.